The van der Waals surface area contributed by atoms with E-state index >= 15 is 0 Å². The molecule has 0 fully saturated rings. The largest absolute Gasteiger partial charge is 0.366 e. The van der Waals surface area contributed by atoms with Crippen molar-refractivity contribution >= 4 is 22.4 Å². The monoisotopic (exact) mass is 301 g/mol. The lowest BCUT2D eigenvalue weighted by atomic mass is 9.87. The van der Waals surface area contributed by atoms with Crippen LogP contribution in [-0.2, 0) is 0 Å². The van der Waals surface area contributed by atoms with Gasteiger partial charge in [0.1, 0.15) is 5.82 Å². The van der Waals surface area contributed by atoms with Crippen molar-refractivity contribution in [1.82, 2.24) is 4.98 Å². The topological polar surface area (TPSA) is 84.9 Å². The summed E-state index contributed by atoms with van der Waals surface area (Å²) in [4.78, 5) is 14.8. The molecule has 5 heteroatoms. The van der Waals surface area contributed by atoms with E-state index in [0.29, 0.717) is 11.1 Å². The zero-order valence-corrected chi connectivity index (χ0v) is 12.8. The highest BCUT2D eigenvalue weighted by atomic mass is 19.1. The van der Waals surface area contributed by atoms with Gasteiger partial charge in [-0.25, -0.2) is 4.39 Å². The normalized spacial score (nSPS) is 18.5. The number of aryl methyl sites for hydroxylation is 2. The Morgan fingerprint density at radius 1 is 1.41 bits per heavy atom. The van der Waals surface area contributed by atoms with Gasteiger partial charge in [0, 0.05) is 22.7 Å². The molecule has 1 amide bonds. The van der Waals surface area contributed by atoms with Gasteiger partial charge in [0.25, 0.3) is 5.91 Å². The van der Waals surface area contributed by atoms with Crippen molar-refractivity contribution in [3.63, 3.8) is 0 Å². The van der Waals surface area contributed by atoms with Crippen molar-refractivity contribution < 1.29 is 9.18 Å². The Morgan fingerprint density at radius 2 is 2.14 bits per heavy atom. The summed E-state index contributed by atoms with van der Waals surface area (Å²) in [6, 6.07) is 1.19. The zero-order chi connectivity index (χ0) is 16.0. The van der Waals surface area contributed by atoms with Crippen LogP contribution < -0.4 is 11.5 Å². The summed E-state index contributed by atoms with van der Waals surface area (Å²) in [5, 5.41) is 0.742. The fourth-order valence-electron chi connectivity index (χ4n) is 3.29. The van der Waals surface area contributed by atoms with Crippen LogP contribution in [0.4, 0.5) is 4.39 Å². The zero-order valence-electron chi connectivity index (χ0n) is 12.8. The summed E-state index contributed by atoms with van der Waals surface area (Å²) in [5.74, 6) is -1.05. The van der Waals surface area contributed by atoms with E-state index in [2.05, 4.69) is 4.98 Å². The van der Waals surface area contributed by atoms with Crippen LogP contribution in [0.5, 0.6) is 0 Å². The molecule has 4 nitrogen and oxygen atoms in total. The van der Waals surface area contributed by atoms with E-state index < -0.39 is 11.7 Å². The van der Waals surface area contributed by atoms with Crippen molar-refractivity contribution in [1.29, 1.82) is 0 Å². The molecule has 0 bridgehead atoms. The van der Waals surface area contributed by atoms with Gasteiger partial charge >= 0.3 is 0 Å². The van der Waals surface area contributed by atoms with E-state index in [1.807, 2.05) is 19.9 Å². The van der Waals surface area contributed by atoms with Gasteiger partial charge in [-0.15, -0.1) is 0 Å². The molecule has 116 valence electrons. The number of primary amides is 1. The van der Waals surface area contributed by atoms with Crippen LogP contribution in [0, 0.1) is 19.7 Å². The number of fused-ring (bicyclic) bond motifs is 1. The number of hydrogen-bond donors (Lipinski definition) is 3. The Bertz CT molecular complexity index is 804. The molecule has 0 spiro atoms. The summed E-state index contributed by atoms with van der Waals surface area (Å²) in [7, 11) is 0. The smallest absolute Gasteiger partial charge is 0.250 e. The number of nitrogens with two attached hydrogens (primary N) is 2. The van der Waals surface area contributed by atoms with Crippen molar-refractivity contribution in [2.45, 2.75) is 39.2 Å². The second kappa shape index (κ2) is 5.25. The van der Waals surface area contributed by atoms with E-state index in [1.165, 1.54) is 6.07 Å². The number of hydrogen-bond acceptors (Lipinski definition) is 2. The summed E-state index contributed by atoms with van der Waals surface area (Å²) in [5.41, 5.74) is 15.5. The first kappa shape index (κ1) is 14.8. The summed E-state index contributed by atoms with van der Waals surface area (Å²) < 4.78 is 14.7. The fourth-order valence-corrected chi connectivity index (χ4v) is 3.29. The van der Waals surface area contributed by atoms with Crippen LogP contribution in [0.2, 0.25) is 0 Å². The van der Waals surface area contributed by atoms with Crippen molar-refractivity contribution in [3.05, 3.63) is 40.3 Å². The number of halogens is 1. The molecule has 0 radical (unpaired) electrons. The molecule has 0 unspecified atom stereocenters. The molecule has 22 heavy (non-hydrogen) atoms. The van der Waals surface area contributed by atoms with E-state index in [-0.39, 0.29) is 11.6 Å². The van der Waals surface area contributed by atoms with Crippen molar-refractivity contribution in [2.24, 2.45) is 11.5 Å². The minimum absolute atomic E-state index is 0.0469. The van der Waals surface area contributed by atoms with E-state index in [4.69, 9.17) is 11.5 Å². The maximum atomic E-state index is 14.7. The molecule has 3 rings (SSSR count). The first-order valence-corrected chi connectivity index (χ1v) is 7.48. The molecule has 1 aromatic carbocycles. The minimum atomic E-state index is -0.633. The van der Waals surface area contributed by atoms with Crippen LogP contribution in [0.15, 0.2) is 12.1 Å². The highest BCUT2D eigenvalue weighted by molar-refractivity contribution is 6.09. The molecule has 0 saturated heterocycles. The van der Waals surface area contributed by atoms with Gasteiger partial charge in [-0.3, -0.25) is 4.79 Å². The third-order valence-electron chi connectivity index (χ3n) is 4.51. The van der Waals surface area contributed by atoms with E-state index in [9.17, 15) is 9.18 Å². The predicted molar refractivity (Wildman–Crippen MR) is 86.1 cm³/mol. The molecule has 0 aliphatic heterocycles. The first-order chi connectivity index (χ1) is 10.4. The average Bonchev–Trinajstić information content (AvgIpc) is 2.74. The predicted octanol–water partition coefficient (Wildman–Crippen LogP) is 2.92. The molecule has 1 atom stereocenters. The number of H-pyrrole nitrogens is 1. The Morgan fingerprint density at radius 3 is 2.77 bits per heavy atom. The van der Waals surface area contributed by atoms with Gasteiger partial charge in [-0.1, -0.05) is 6.08 Å². The SMILES string of the molecule is Cc1[nH]c2c(C(N)=O)cc(F)c(C3=C[C@@H](N)CCC3)c2c1C. The highest BCUT2D eigenvalue weighted by Gasteiger charge is 2.23. The van der Waals surface area contributed by atoms with Crippen LogP contribution in [0.25, 0.3) is 16.5 Å². The second-order valence-electron chi connectivity index (χ2n) is 6.02. The number of carbonyl (C=O) groups is 1. The number of nitrogens with one attached hydrogen (secondary N) is 1. The van der Waals surface area contributed by atoms with E-state index in [1.54, 1.807) is 0 Å². The first-order valence-electron chi connectivity index (χ1n) is 7.48. The molecule has 1 aliphatic carbocycles. The third-order valence-corrected chi connectivity index (χ3v) is 4.51. The van der Waals surface area contributed by atoms with Gasteiger partial charge < -0.3 is 16.5 Å². The molecule has 1 aromatic heterocycles. The van der Waals surface area contributed by atoms with Gasteiger partial charge in [0.2, 0.25) is 0 Å². The number of allylic oxidation sites excluding steroid dienone is 1. The number of benzene rings is 1. The maximum absolute atomic E-state index is 14.7. The van der Waals surface area contributed by atoms with Crippen LogP contribution >= 0.6 is 0 Å². The number of rotatable bonds is 2. The molecule has 1 heterocycles. The molecule has 5 N–H and O–H groups in total. The Balaban J connectivity index is 2.38. The summed E-state index contributed by atoms with van der Waals surface area (Å²) in [6.07, 6.45) is 4.58. The summed E-state index contributed by atoms with van der Waals surface area (Å²) >= 11 is 0. The van der Waals surface area contributed by atoms with Crippen molar-refractivity contribution in [2.75, 3.05) is 0 Å². The number of carbonyl (C=O) groups excluding carboxylic acids is 1. The minimum Gasteiger partial charge on any atom is -0.366 e. The quantitative estimate of drug-likeness (QED) is 0.796. The lowest BCUT2D eigenvalue weighted by molar-refractivity contribution is 0.100. The molecular formula is C17H20FN3O. The number of aromatic nitrogens is 1. The summed E-state index contributed by atoms with van der Waals surface area (Å²) in [6.45, 7) is 3.83. The Labute approximate surface area is 128 Å². The fraction of sp³-hybridized carbons (Fsp3) is 0.353. The average molecular weight is 301 g/mol. The second-order valence-corrected chi connectivity index (χ2v) is 6.02. The van der Waals surface area contributed by atoms with Gasteiger partial charge in [0.15, 0.2) is 0 Å². The van der Waals surface area contributed by atoms with Gasteiger partial charge in [0.05, 0.1) is 11.1 Å². The van der Waals surface area contributed by atoms with Crippen LogP contribution in [0.1, 0.15) is 46.4 Å². The molecule has 0 saturated carbocycles. The molecule has 2 aromatic rings. The van der Waals surface area contributed by atoms with E-state index in [0.717, 1.165) is 41.5 Å². The number of aromatic amines is 1. The lowest BCUT2D eigenvalue weighted by Crippen LogP contribution is -2.20. The third kappa shape index (κ3) is 2.22. The van der Waals surface area contributed by atoms with Crippen LogP contribution in [-0.4, -0.2) is 16.9 Å². The Kier molecular flexibility index (Phi) is 3.53. The Hall–Kier alpha value is -2.14. The molecule has 1 aliphatic rings. The van der Waals surface area contributed by atoms with Gasteiger partial charge in [-0.2, -0.15) is 0 Å². The van der Waals surface area contributed by atoms with Gasteiger partial charge in [-0.05, 0) is 50.3 Å². The number of amides is 1. The highest BCUT2D eigenvalue weighted by Crippen LogP contribution is 2.37. The molecular weight excluding hydrogens is 281 g/mol. The van der Waals surface area contributed by atoms with Crippen LogP contribution in [0.3, 0.4) is 0 Å². The lowest BCUT2D eigenvalue weighted by Gasteiger charge is -2.20. The van der Waals surface area contributed by atoms with Crippen molar-refractivity contribution in [3.8, 4) is 0 Å². The standard InChI is InChI=1S/C17H20FN3O/c1-8-9(2)21-16-12(17(20)22)7-13(18)15(14(8)16)10-4-3-5-11(19)6-10/h6-7,11,21H,3-5,19H2,1-2H3,(H2,20,22)/t11-/m0/s1. The maximum Gasteiger partial charge on any atom is 0.250 e.